The number of allylic oxidation sites excluding steroid dienone is 3. The monoisotopic (exact) mass is 954 g/mol. The summed E-state index contributed by atoms with van der Waals surface area (Å²) in [6.07, 6.45) is 14.7. The maximum atomic E-state index is 12.3. The minimum absolute atomic E-state index is 0.107. The third-order valence-corrected chi connectivity index (χ3v) is 15.7. The van der Waals surface area contributed by atoms with Crippen molar-refractivity contribution in [3.05, 3.63) is 149 Å². The number of unbranched alkanes of at least 4 members (excludes halogenated alkanes) is 1. The molecule has 0 aliphatic carbocycles. The quantitative estimate of drug-likeness (QED) is 0.0623. The van der Waals surface area contributed by atoms with Crippen molar-refractivity contribution < 1.29 is 44.8 Å². The van der Waals surface area contributed by atoms with Gasteiger partial charge in [0.1, 0.15) is 25.4 Å². The summed E-state index contributed by atoms with van der Waals surface area (Å²) < 4.78 is 73.4. The van der Waals surface area contributed by atoms with Crippen LogP contribution in [-0.4, -0.2) is 93.0 Å². The van der Waals surface area contributed by atoms with Crippen LogP contribution < -0.4 is 0 Å². The molecule has 3 aliphatic rings. The van der Waals surface area contributed by atoms with Crippen LogP contribution in [0.5, 0.6) is 5.75 Å². The SMILES string of the molecule is CCCC[N+]1=C(/C=C/c2cc(/C=C/C3=[N+](CCCS(=O)(=O)O)c4ccc5ccccc5c4C3(C)C)cc(/C=C/C3=[N+](CCCS(=O)(=O)O)c4ccccc4C3(C)C)c2O)C(C)(C)c2ccccc21. The second-order valence-electron chi connectivity index (χ2n) is 19.9. The van der Waals surface area contributed by atoms with Crippen molar-refractivity contribution in [2.24, 2.45) is 0 Å². The fraction of sp³-hybridized carbons (Fsp3) is 0.339. The van der Waals surface area contributed by atoms with Gasteiger partial charge in [0.05, 0.1) is 27.8 Å². The molecule has 0 fully saturated rings. The number of rotatable bonds is 17. The number of hydrogen-bond donors (Lipinski definition) is 3. The van der Waals surface area contributed by atoms with Crippen LogP contribution in [0.4, 0.5) is 17.1 Å². The highest BCUT2D eigenvalue weighted by Gasteiger charge is 2.47. The molecule has 0 bridgehead atoms. The van der Waals surface area contributed by atoms with Crippen LogP contribution in [0.3, 0.4) is 0 Å². The van der Waals surface area contributed by atoms with Crippen molar-refractivity contribution in [2.45, 2.75) is 90.4 Å². The topological polar surface area (TPSA) is 138 Å². The van der Waals surface area contributed by atoms with Crippen LogP contribution >= 0.6 is 0 Å². The van der Waals surface area contributed by atoms with Gasteiger partial charge in [-0.3, -0.25) is 9.11 Å². The lowest BCUT2D eigenvalue weighted by Gasteiger charge is -2.17. The van der Waals surface area contributed by atoms with E-state index in [9.17, 15) is 31.0 Å². The zero-order valence-corrected chi connectivity index (χ0v) is 41.8. The van der Waals surface area contributed by atoms with Gasteiger partial charge in [-0.1, -0.05) is 74.0 Å². The summed E-state index contributed by atoms with van der Waals surface area (Å²) in [4.78, 5) is 0. The maximum Gasteiger partial charge on any atom is 0.265 e. The molecule has 0 spiro atoms. The molecule has 10 nitrogen and oxygen atoms in total. The fourth-order valence-corrected chi connectivity index (χ4v) is 11.7. The Morgan fingerprint density at radius 2 is 0.956 bits per heavy atom. The predicted molar refractivity (Wildman–Crippen MR) is 277 cm³/mol. The van der Waals surface area contributed by atoms with Gasteiger partial charge in [-0.05, 0) is 94.3 Å². The summed E-state index contributed by atoms with van der Waals surface area (Å²) >= 11 is 0. The molecular weight excluding hydrogens is 891 g/mol. The summed E-state index contributed by atoms with van der Waals surface area (Å²) in [5.74, 6) is -0.613. The van der Waals surface area contributed by atoms with Gasteiger partial charge in [0.15, 0.2) is 17.1 Å². The lowest BCUT2D eigenvalue weighted by atomic mass is 9.79. The molecule has 3 heterocycles. The van der Waals surface area contributed by atoms with Gasteiger partial charge in [-0.25, -0.2) is 0 Å². The van der Waals surface area contributed by atoms with Crippen molar-refractivity contribution in [3.63, 3.8) is 0 Å². The van der Waals surface area contributed by atoms with Gasteiger partial charge >= 0.3 is 0 Å². The molecule has 0 aromatic heterocycles. The molecule has 0 amide bonds. The average molecular weight is 955 g/mol. The molecule has 8 rings (SSSR count). The zero-order chi connectivity index (χ0) is 48.8. The third kappa shape index (κ3) is 9.48. The molecular formula is C56H64N3O7S2+3. The summed E-state index contributed by atoms with van der Waals surface area (Å²) in [6, 6.07) is 33.0. The highest BCUT2D eigenvalue weighted by atomic mass is 32.2. The molecule has 0 saturated heterocycles. The molecule has 12 heteroatoms. The normalized spacial score (nSPS) is 17.4. The number of phenols is 1. The molecule has 0 unspecified atom stereocenters. The van der Waals surface area contributed by atoms with E-state index in [1.165, 1.54) is 11.3 Å². The van der Waals surface area contributed by atoms with E-state index in [-0.39, 0.29) is 35.5 Å². The van der Waals surface area contributed by atoms with Crippen LogP contribution in [0.25, 0.3) is 29.0 Å². The Kier molecular flexibility index (Phi) is 13.3. The number of nitrogens with zero attached hydrogens (tertiary/aromatic N) is 3. The molecule has 5 aromatic carbocycles. The number of phenolic OH excluding ortho intramolecular Hbond substituents is 1. The Morgan fingerprint density at radius 1 is 0.515 bits per heavy atom. The van der Waals surface area contributed by atoms with Gasteiger partial charge in [-0.2, -0.15) is 30.6 Å². The zero-order valence-electron chi connectivity index (χ0n) is 40.2. The van der Waals surface area contributed by atoms with Crippen molar-refractivity contribution in [3.8, 4) is 5.75 Å². The van der Waals surface area contributed by atoms with E-state index in [4.69, 9.17) is 0 Å². The Bertz CT molecular complexity index is 3260. The first kappa shape index (κ1) is 48.7. The minimum atomic E-state index is -4.17. The van der Waals surface area contributed by atoms with Crippen LogP contribution in [0.2, 0.25) is 0 Å². The largest absolute Gasteiger partial charge is 0.507 e. The van der Waals surface area contributed by atoms with Crippen molar-refractivity contribution in [2.75, 3.05) is 31.1 Å². The number of benzene rings is 5. The Morgan fingerprint density at radius 3 is 1.47 bits per heavy atom. The van der Waals surface area contributed by atoms with Crippen LogP contribution in [0, 0.1) is 0 Å². The van der Waals surface area contributed by atoms with Gasteiger partial charge in [0, 0.05) is 83.5 Å². The summed E-state index contributed by atoms with van der Waals surface area (Å²) in [5.41, 5.74) is 10.5. The average Bonchev–Trinajstić information content (AvgIpc) is 3.74. The molecule has 3 aliphatic heterocycles. The van der Waals surface area contributed by atoms with E-state index in [1.807, 2.05) is 60.7 Å². The van der Waals surface area contributed by atoms with Crippen molar-refractivity contribution >= 4 is 83.4 Å². The second-order valence-corrected chi connectivity index (χ2v) is 23.0. The standard InChI is InChI=1S/C56H61N3O7S2/c1-8-9-32-57-46-22-14-12-20-44(46)54(2,3)49(57)30-26-41-37-39(24-29-51-56(6,7)52-43-19-11-10-18-40(43)25-28-48(52)59(51)34-17-36-68(64,65)66)38-42(53(41)60)27-31-50-55(4,5)45-21-13-15-23-47(45)58(50)33-16-35-67(61,62)63/h10-15,18-31,37-38H,8-9,16-17,32-36H2,1-7H3/p+3. The van der Waals surface area contributed by atoms with E-state index >= 15 is 0 Å². The first-order chi connectivity index (χ1) is 32.1. The summed E-state index contributed by atoms with van der Waals surface area (Å²) in [5, 5.41) is 14.5. The third-order valence-electron chi connectivity index (χ3n) is 14.1. The maximum absolute atomic E-state index is 12.3. The number of fused-ring (bicyclic) bond motifs is 5. The van der Waals surface area contributed by atoms with Gasteiger partial charge in [-0.15, -0.1) is 0 Å². The van der Waals surface area contributed by atoms with E-state index in [0.29, 0.717) is 24.2 Å². The number of para-hydroxylation sites is 2. The molecule has 68 heavy (non-hydrogen) atoms. The molecule has 3 N–H and O–H groups in total. The fourth-order valence-electron chi connectivity index (χ4n) is 10.7. The molecule has 354 valence electrons. The number of hydrogen-bond acceptors (Lipinski definition) is 5. The Balaban J connectivity index is 1.27. The van der Waals surface area contributed by atoms with E-state index in [1.54, 1.807) is 0 Å². The minimum Gasteiger partial charge on any atom is -0.507 e. The Hall–Kier alpha value is -5.79. The summed E-state index contributed by atoms with van der Waals surface area (Å²) in [7, 11) is -8.32. The van der Waals surface area contributed by atoms with Crippen molar-refractivity contribution in [1.82, 2.24) is 0 Å². The predicted octanol–water partition coefficient (Wildman–Crippen LogP) is 11.2. The first-order valence-electron chi connectivity index (χ1n) is 23.6. The lowest BCUT2D eigenvalue weighted by Crippen LogP contribution is -2.28. The highest BCUT2D eigenvalue weighted by molar-refractivity contribution is 7.86. The summed E-state index contributed by atoms with van der Waals surface area (Å²) in [6.45, 7) is 16.9. The van der Waals surface area contributed by atoms with Gasteiger partial charge in [0.25, 0.3) is 20.2 Å². The van der Waals surface area contributed by atoms with E-state index in [0.717, 1.165) is 75.4 Å². The van der Waals surface area contributed by atoms with Crippen LogP contribution in [-0.2, 0) is 36.5 Å². The molecule has 0 radical (unpaired) electrons. The Labute approximate surface area is 402 Å². The first-order valence-corrected chi connectivity index (χ1v) is 26.8. The van der Waals surface area contributed by atoms with Crippen LogP contribution in [0.1, 0.15) is 108 Å². The smallest absolute Gasteiger partial charge is 0.265 e. The van der Waals surface area contributed by atoms with Crippen molar-refractivity contribution in [1.29, 1.82) is 0 Å². The van der Waals surface area contributed by atoms with Gasteiger partial charge in [0.2, 0.25) is 17.1 Å². The lowest BCUT2D eigenvalue weighted by molar-refractivity contribution is -0.438. The second kappa shape index (κ2) is 18.6. The van der Waals surface area contributed by atoms with E-state index in [2.05, 4.69) is 135 Å². The highest BCUT2D eigenvalue weighted by Crippen LogP contribution is 2.46. The van der Waals surface area contributed by atoms with Gasteiger partial charge < -0.3 is 5.11 Å². The number of aromatic hydroxyl groups is 1. The van der Waals surface area contributed by atoms with Crippen LogP contribution in [0.15, 0.2) is 115 Å². The molecule has 0 saturated carbocycles. The molecule has 5 aromatic rings. The van der Waals surface area contributed by atoms with E-state index < -0.39 is 31.1 Å². The molecule has 0 atom stereocenters.